The summed E-state index contributed by atoms with van der Waals surface area (Å²) in [6.45, 7) is 0.155. The van der Waals surface area contributed by atoms with Gasteiger partial charge in [-0.05, 0) is 18.6 Å². The summed E-state index contributed by atoms with van der Waals surface area (Å²) in [5, 5.41) is 8.43. The largest absolute Gasteiger partial charge is 0.481 e. The van der Waals surface area contributed by atoms with E-state index in [0.717, 1.165) is 4.31 Å². The zero-order valence-electron chi connectivity index (χ0n) is 9.50. The summed E-state index contributed by atoms with van der Waals surface area (Å²) in [5.41, 5.74) is 0. The zero-order valence-corrected chi connectivity index (χ0v) is 10.3. The summed E-state index contributed by atoms with van der Waals surface area (Å²) >= 11 is 0. The zero-order chi connectivity index (χ0) is 12.9. The lowest BCUT2D eigenvalue weighted by molar-refractivity contribution is -0.137. The molecule has 1 rings (SSSR count). The number of carboxylic acids is 1. The van der Waals surface area contributed by atoms with Crippen molar-refractivity contribution in [2.75, 3.05) is 12.8 Å². The highest BCUT2D eigenvalue weighted by atomic mass is 32.2. The average molecular weight is 261 g/mol. The summed E-state index contributed by atoms with van der Waals surface area (Å²) in [6, 6.07) is 3.36. The SMILES string of the molecule is CN(Cc1ccco1)S(=O)(=O)CCCC(=O)O. The monoisotopic (exact) mass is 261 g/mol. The Morgan fingerprint density at radius 2 is 2.24 bits per heavy atom. The van der Waals surface area contributed by atoms with Gasteiger partial charge in [-0.3, -0.25) is 4.79 Å². The first-order valence-electron chi connectivity index (χ1n) is 5.10. The van der Waals surface area contributed by atoms with Crippen LogP contribution in [0.3, 0.4) is 0 Å². The first kappa shape index (κ1) is 13.7. The van der Waals surface area contributed by atoms with E-state index >= 15 is 0 Å². The molecule has 0 radical (unpaired) electrons. The number of carboxylic acid groups (broad SMARTS) is 1. The Morgan fingerprint density at radius 1 is 1.53 bits per heavy atom. The smallest absolute Gasteiger partial charge is 0.303 e. The van der Waals surface area contributed by atoms with Gasteiger partial charge in [0.1, 0.15) is 5.76 Å². The van der Waals surface area contributed by atoms with Crippen LogP contribution in [0, 0.1) is 0 Å². The molecule has 1 aromatic rings. The average Bonchev–Trinajstić information content (AvgIpc) is 2.69. The third kappa shape index (κ3) is 4.58. The highest BCUT2D eigenvalue weighted by Crippen LogP contribution is 2.09. The minimum absolute atomic E-state index is 0.111. The second kappa shape index (κ2) is 5.83. The van der Waals surface area contributed by atoms with Crippen LogP contribution in [0.15, 0.2) is 22.8 Å². The van der Waals surface area contributed by atoms with Gasteiger partial charge in [-0.2, -0.15) is 4.31 Å². The van der Waals surface area contributed by atoms with Crippen LogP contribution in [0.1, 0.15) is 18.6 Å². The van der Waals surface area contributed by atoms with E-state index in [2.05, 4.69) is 0 Å². The molecule has 0 aliphatic heterocycles. The van der Waals surface area contributed by atoms with Gasteiger partial charge in [0.15, 0.2) is 0 Å². The van der Waals surface area contributed by atoms with E-state index in [4.69, 9.17) is 9.52 Å². The summed E-state index contributed by atoms with van der Waals surface area (Å²) < 4.78 is 29.7. The van der Waals surface area contributed by atoms with Crippen molar-refractivity contribution in [1.29, 1.82) is 0 Å². The predicted octanol–water partition coefficient (Wildman–Crippen LogP) is 0.906. The molecular formula is C10H15NO5S. The molecule has 0 aliphatic rings. The van der Waals surface area contributed by atoms with Crippen molar-refractivity contribution >= 4 is 16.0 Å². The van der Waals surface area contributed by atoms with E-state index in [1.54, 1.807) is 12.1 Å². The fourth-order valence-corrected chi connectivity index (χ4v) is 2.43. The van der Waals surface area contributed by atoms with Crippen LogP contribution in [0.2, 0.25) is 0 Å². The van der Waals surface area contributed by atoms with Gasteiger partial charge in [-0.1, -0.05) is 0 Å². The molecule has 0 aromatic carbocycles. The molecule has 1 aromatic heterocycles. The fraction of sp³-hybridized carbons (Fsp3) is 0.500. The standard InChI is InChI=1S/C10H15NO5S/c1-11(8-9-4-2-6-16-9)17(14,15)7-3-5-10(12)13/h2,4,6H,3,5,7-8H2,1H3,(H,12,13). The van der Waals surface area contributed by atoms with E-state index in [0.29, 0.717) is 5.76 Å². The number of sulfonamides is 1. The normalized spacial score (nSPS) is 11.9. The number of hydrogen-bond donors (Lipinski definition) is 1. The molecule has 1 N–H and O–H groups in total. The van der Waals surface area contributed by atoms with Crippen LogP contribution < -0.4 is 0 Å². The first-order valence-corrected chi connectivity index (χ1v) is 6.71. The second-order valence-electron chi connectivity index (χ2n) is 3.65. The van der Waals surface area contributed by atoms with Crippen LogP contribution >= 0.6 is 0 Å². The van der Waals surface area contributed by atoms with Gasteiger partial charge in [0.2, 0.25) is 10.0 Å². The molecule has 0 amide bonds. The number of aliphatic carboxylic acids is 1. The molecule has 0 saturated carbocycles. The molecule has 0 aliphatic carbocycles. The lowest BCUT2D eigenvalue weighted by Crippen LogP contribution is -2.28. The highest BCUT2D eigenvalue weighted by Gasteiger charge is 2.19. The number of rotatable bonds is 7. The van der Waals surface area contributed by atoms with Crippen molar-refractivity contribution < 1.29 is 22.7 Å². The molecule has 6 nitrogen and oxygen atoms in total. The second-order valence-corrected chi connectivity index (χ2v) is 5.84. The van der Waals surface area contributed by atoms with E-state index in [1.165, 1.54) is 13.3 Å². The summed E-state index contributed by atoms with van der Waals surface area (Å²) in [4.78, 5) is 10.3. The molecule has 17 heavy (non-hydrogen) atoms. The van der Waals surface area contributed by atoms with Gasteiger partial charge < -0.3 is 9.52 Å². The Bertz CT molecular complexity index is 451. The van der Waals surface area contributed by atoms with Crippen molar-refractivity contribution in [3.05, 3.63) is 24.2 Å². The number of hydrogen-bond acceptors (Lipinski definition) is 4. The van der Waals surface area contributed by atoms with Gasteiger partial charge in [-0.25, -0.2) is 8.42 Å². The Balaban J connectivity index is 2.49. The van der Waals surface area contributed by atoms with Gasteiger partial charge >= 0.3 is 5.97 Å². The van der Waals surface area contributed by atoms with Crippen molar-refractivity contribution in [2.24, 2.45) is 0 Å². The van der Waals surface area contributed by atoms with Crippen LogP contribution in [0.25, 0.3) is 0 Å². The molecule has 7 heteroatoms. The molecule has 96 valence electrons. The minimum Gasteiger partial charge on any atom is -0.481 e. The molecular weight excluding hydrogens is 246 g/mol. The summed E-state index contributed by atoms with van der Waals surface area (Å²) in [6.07, 6.45) is 1.44. The quantitative estimate of drug-likeness (QED) is 0.788. The number of nitrogens with zero attached hydrogens (tertiary/aromatic N) is 1. The maximum Gasteiger partial charge on any atom is 0.303 e. The molecule has 0 spiro atoms. The van der Waals surface area contributed by atoms with Crippen molar-refractivity contribution in [3.8, 4) is 0 Å². The first-order chi connectivity index (χ1) is 7.92. The molecule has 0 bridgehead atoms. The third-order valence-corrected chi connectivity index (χ3v) is 4.11. The Morgan fingerprint density at radius 3 is 2.76 bits per heavy atom. The van der Waals surface area contributed by atoms with Gasteiger partial charge in [0.05, 0.1) is 18.6 Å². The minimum atomic E-state index is -3.42. The lowest BCUT2D eigenvalue weighted by atomic mass is 10.3. The Hall–Kier alpha value is -1.34. The topological polar surface area (TPSA) is 87.8 Å². The van der Waals surface area contributed by atoms with Crippen molar-refractivity contribution in [2.45, 2.75) is 19.4 Å². The summed E-state index contributed by atoms with van der Waals surface area (Å²) in [7, 11) is -1.98. The Labute approximate surface area is 99.9 Å². The fourth-order valence-electron chi connectivity index (χ4n) is 1.28. The lowest BCUT2D eigenvalue weighted by Gasteiger charge is -2.15. The van der Waals surface area contributed by atoms with Crippen molar-refractivity contribution in [1.82, 2.24) is 4.31 Å². The highest BCUT2D eigenvalue weighted by molar-refractivity contribution is 7.89. The van der Waals surface area contributed by atoms with Crippen LogP contribution in [-0.4, -0.2) is 36.6 Å². The molecule has 1 heterocycles. The third-order valence-electron chi connectivity index (χ3n) is 2.23. The molecule has 0 saturated heterocycles. The van der Waals surface area contributed by atoms with E-state index in [1.807, 2.05) is 0 Å². The van der Waals surface area contributed by atoms with Crippen LogP contribution in [-0.2, 0) is 21.4 Å². The number of furan rings is 1. The Kier molecular flexibility index (Phi) is 4.71. The van der Waals surface area contributed by atoms with Crippen molar-refractivity contribution in [3.63, 3.8) is 0 Å². The summed E-state index contributed by atoms with van der Waals surface area (Å²) in [5.74, 6) is -0.612. The van der Waals surface area contributed by atoms with E-state index in [9.17, 15) is 13.2 Å². The number of carbonyl (C=O) groups is 1. The van der Waals surface area contributed by atoms with Gasteiger partial charge in [0.25, 0.3) is 0 Å². The van der Waals surface area contributed by atoms with Crippen LogP contribution in [0.5, 0.6) is 0 Å². The molecule has 0 fully saturated rings. The maximum absolute atomic E-state index is 11.7. The van der Waals surface area contributed by atoms with Gasteiger partial charge in [0, 0.05) is 13.5 Å². The van der Waals surface area contributed by atoms with Gasteiger partial charge in [-0.15, -0.1) is 0 Å². The van der Waals surface area contributed by atoms with Crippen LogP contribution in [0.4, 0.5) is 0 Å². The molecule has 0 unspecified atom stereocenters. The molecule has 0 atom stereocenters. The predicted molar refractivity (Wildman–Crippen MR) is 60.8 cm³/mol. The maximum atomic E-state index is 11.7. The van der Waals surface area contributed by atoms with E-state index in [-0.39, 0.29) is 25.1 Å². The van der Waals surface area contributed by atoms with E-state index < -0.39 is 16.0 Å².